The van der Waals surface area contributed by atoms with E-state index in [2.05, 4.69) is 5.32 Å². The Hall–Kier alpha value is -1.27. The summed E-state index contributed by atoms with van der Waals surface area (Å²) in [7, 11) is 4.96. The van der Waals surface area contributed by atoms with Crippen molar-refractivity contribution < 1.29 is 13.2 Å². The lowest BCUT2D eigenvalue weighted by atomic mass is 10.1. The lowest BCUT2D eigenvalue weighted by Crippen LogP contribution is -2.33. The number of carbonyl (C=O) groups is 1. The van der Waals surface area contributed by atoms with E-state index in [1.54, 1.807) is 31.1 Å². The lowest BCUT2D eigenvalue weighted by molar-refractivity contribution is 0.0934. The number of nitrogens with zero attached hydrogens (tertiary/aromatic N) is 1. The zero-order chi connectivity index (χ0) is 16.2. The van der Waals surface area contributed by atoms with Crippen LogP contribution in [0.4, 0.5) is 5.69 Å². The second-order valence-electron chi connectivity index (χ2n) is 5.00. The maximum atomic E-state index is 12.2. The maximum absolute atomic E-state index is 12.2. The van der Waals surface area contributed by atoms with Gasteiger partial charge in [-0.05, 0) is 31.0 Å². The molecule has 1 aromatic rings. The van der Waals surface area contributed by atoms with Crippen molar-refractivity contribution in [1.82, 2.24) is 5.32 Å². The van der Waals surface area contributed by atoms with Gasteiger partial charge in [0.2, 0.25) is 0 Å². The fourth-order valence-electron chi connectivity index (χ4n) is 1.98. The van der Waals surface area contributed by atoms with E-state index in [9.17, 15) is 13.2 Å². The van der Waals surface area contributed by atoms with Gasteiger partial charge in [0, 0.05) is 36.4 Å². The third-order valence-corrected chi connectivity index (χ3v) is 4.64. The summed E-state index contributed by atoms with van der Waals surface area (Å²) in [5.74, 6) is -0.296. The second kappa shape index (κ2) is 7.13. The number of nitrogens with one attached hydrogen (secondary N) is 1. The zero-order valence-electron chi connectivity index (χ0n) is 12.7. The largest absolute Gasteiger partial charge is 0.377 e. The Bertz CT molecular complexity index is 611. The monoisotopic (exact) mass is 332 g/mol. The smallest absolute Gasteiger partial charge is 0.263 e. The summed E-state index contributed by atoms with van der Waals surface area (Å²) in [5, 5.41) is 2.87. The number of benzene rings is 1. The van der Waals surface area contributed by atoms with Crippen LogP contribution in [0.25, 0.3) is 0 Å². The highest BCUT2D eigenvalue weighted by Gasteiger charge is 2.20. The van der Waals surface area contributed by atoms with E-state index in [0.717, 1.165) is 12.8 Å². The quantitative estimate of drug-likeness (QED) is 0.813. The van der Waals surface area contributed by atoms with Crippen molar-refractivity contribution in [3.63, 3.8) is 0 Å². The molecule has 0 bridgehead atoms. The predicted molar refractivity (Wildman–Crippen MR) is 85.6 cm³/mol. The molecule has 0 aromatic heterocycles. The van der Waals surface area contributed by atoms with Gasteiger partial charge in [0.25, 0.3) is 15.0 Å². The average Bonchev–Trinajstić information content (AvgIpc) is 2.42. The fraction of sp³-hybridized carbons (Fsp3) is 0.500. The summed E-state index contributed by atoms with van der Waals surface area (Å²) in [6.07, 6.45) is 1.64. The molecule has 1 rings (SSSR count). The molecule has 0 aliphatic heterocycles. The van der Waals surface area contributed by atoms with E-state index < -0.39 is 9.05 Å². The minimum absolute atomic E-state index is 0.0636. The Morgan fingerprint density at radius 2 is 1.86 bits per heavy atom. The SMILES string of the molecule is CCC(CC)NC(=O)c1ccc(N(C)C)c(S(=O)(=O)Cl)c1. The first-order chi connectivity index (χ1) is 9.70. The molecule has 0 saturated heterocycles. The summed E-state index contributed by atoms with van der Waals surface area (Å²) >= 11 is 0. The van der Waals surface area contributed by atoms with Crippen molar-refractivity contribution in [2.24, 2.45) is 0 Å². The Labute approximate surface area is 130 Å². The number of halogens is 1. The van der Waals surface area contributed by atoms with Crippen LogP contribution in [0.2, 0.25) is 0 Å². The number of rotatable bonds is 6. The molecular formula is C14H21ClN2O3S. The molecule has 5 nitrogen and oxygen atoms in total. The first-order valence-corrected chi connectivity index (χ1v) is 9.08. The van der Waals surface area contributed by atoms with Crippen LogP contribution in [0.5, 0.6) is 0 Å². The van der Waals surface area contributed by atoms with Crippen LogP contribution in [0.15, 0.2) is 23.1 Å². The Morgan fingerprint density at radius 1 is 1.29 bits per heavy atom. The normalized spacial score (nSPS) is 11.5. The molecule has 21 heavy (non-hydrogen) atoms. The molecule has 118 valence electrons. The van der Waals surface area contributed by atoms with E-state index in [4.69, 9.17) is 10.7 Å². The maximum Gasteiger partial charge on any atom is 0.263 e. The molecule has 0 spiro atoms. The van der Waals surface area contributed by atoms with Gasteiger partial charge in [-0.1, -0.05) is 13.8 Å². The van der Waals surface area contributed by atoms with Gasteiger partial charge >= 0.3 is 0 Å². The van der Waals surface area contributed by atoms with Crippen LogP contribution in [-0.2, 0) is 9.05 Å². The summed E-state index contributed by atoms with van der Waals surface area (Å²) in [5.41, 5.74) is 0.732. The number of anilines is 1. The standard InChI is InChI=1S/C14H21ClN2O3S/c1-5-11(6-2)16-14(18)10-7-8-12(17(3)4)13(9-10)21(15,19)20/h7-9,11H,5-6H2,1-4H3,(H,16,18). The van der Waals surface area contributed by atoms with Gasteiger partial charge in [0.05, 0.1) is 5.69 Å². The topological polar surface area (TPSA) is 66.5 Å². The van der Waals surface area contributed by atoms with Gasteiger partial charge < -0.3 is 10.2 Å². The minimum atomic E-state index is -3.92. The highest BCUT2D eigenvalue weighted by atomic mass is 35.7. The van der Waals surface area contributed by atoms with E-state index >= 15 is 0 Å². The van der Waals surface area contributed by atoms with E-state index in [1.165, 1.54) is 6.07 Å². The molecule has 1 amide bonds. The highest BCUT2D eigenvalue weighted by molar-refractivity contribution is 8.13. The lowest BCUT2D eigenvalue weighted by Gasteiger charge is -2.18. The van der Waals surface area contributed by atoms with Gasteiger partial charge in [0.1, 0.15) is 4.90 Å². The summed E-state index contributed by atoms with van der Waals surface area (Å²) in [6, 6.07) is 4.56. The summed E-state index contributed by atoms with van der Waals surface area (Å²) in [4.78, 5) is 13.7. The molecule has 0 heterocycles. The Balaban J connectivity index is 3.20. The number of amides is 1. The van der Waals surface area contributed by atoms with Crippen LogP contribution < -0.4 is 10.2 Å². The predicted octanol–water partition coefficient (Wildman–Crippen LogP) is 2.60. The van der Waals surface area contributed by atoms with E-state index in [1.807, 2.05) is 13.8 Å². The first kappa shape index (κ1) is 17.8. The molecule has 0 atom stereocenters. The van der Waals surface area contributed by atoms with Crippen LogP contribution in [0.3, 0.4) is 0 Å². The molecule has 0 unspecified atom stereocenters. The van der Waals surface area contributed by atoms with Crippen LogP contribution >= 0.6 is 10.7 Å². The summed E-state index contributed by atoms with van der Waals surface area (Å²) in [6.45, 7) is 3.97. The van der Waals surface area contributed by atoms with Crippen molar-refractivity contribution >= 4 is 31.3 Å². The minimum Gasteiger partial charge on any atom is -0.377 e. The van der Waals surface area contributed by atoms with Crippen molar-refractivity contribution in [3.8, 4) is 0 Å². The molecule has 0 saturated carbocycles. The number of hydrogen-bond acceptors (Lipinski definition) is 4. The molecule has 7 heteroatoms. The second-order valence-corrected chi connectivity index (χ2v) is 7.54. The third-order valence-electron chi connectivity index (χ3n) is 3.29. The fourth-order valence-corrected chi connectivity index (χ4v) is 3.12. The van der Waals surface area contributed by atoms with Gasteiger partial charge in [-0.15, -0.1) is 0 Å². The number of hydrogen-bond donors (Lipinski definition) is 1. The number of carbonyl (C=O) groups excluding carboxylic acids is 1. The van der Waals surface area contributed by atoms with E-state index in [0.29, 0.717) is 5.69 Å². The molecule has 0 aliphatic rings. The van der Waals surface area contributed by atoms with Gasteiger partial charge in [-0.2, -0.15) is 0 Å². The average molecular weight is 333 g/mol. The van der Waals surface area contributed by atoms with Gasteiger partial charge in [0.15, 0.2) is 0 Å². The van der Waals surface area contributed by atoms with Crippen LogP contribution in [0.1, 0.15) is 37.0 Å². The first-order valence-electron chi connectivity index (χ1n) is 6.77. The van der Waals surface area contributed by atoms with Crippen LogP contribution in [0, 0.1) is 0 Å². The van der Waals surface area contributed by atoms with Crippen molar-refractivity contribution in [3.05, 3.63) is 23.8 Å². The molecule has 0 aliphatic carbocycles. The van der Waals surface area contributed by atoms with Gasteiger partial charge in [-0.25, -0.2) is 8.42 Å². The molecule has 0 radical (unpaired) electrons. The molecule has 0 fully saturated rings. The molecule has 1 N–H and O–H groups in total. The van der Waals surface area contributed by atoms with Gasteiger partial charge in [-0.3, -0.25) is 4.79 Å². The molecule has 1 aromatic carbocycles. The van der Waals surface area contributed by atoms with E-state index in [-0.39, 0.29) is 22.4 Å². The van der Waals surface area contributed by atoms with Crippen LogP contribution in [-0.4, -0.2) is 34.5 Å². The Kier molecular flexibility index (Phi) is 6.04. The third kappa shape index (κ3) is 4.61. The Morgan fingerprint density at radius 3 is 2.29 bits per heavy atom. The highest BCUT2D eigenvalue weighted by Crippen LogP contribution is 2.28. The van der Waals surface area contributed by atoms with Crippen molar-refractivity contribution in [2.45, 2.75) is 37.6 Å². The van der Waals surface area contributed by atoms with Crippen molar-refractivity contribution in [2.75, 3.05) is 19.0 Å². The molecular weight excluding hydrogens is 312 g/mol. The zero-order valence-corrected chi connectivity index (χ0v) is 14.3. The van der Waals surface area contributed by atoms with Crippen molar-refractivity contribution in [1.29, 1.82) is 0 Å². The summed E-state index contributed by atoms with van der Waals surface area (Å²) < 4.78 is 23.3.